The van der Waals surface area contributed by atoms with Crippen LogP contribution in [-0.2, 0) is 11.3 Å². The van der Waals surface area contributed by atoms with Gasteiger partial charge in [-0.05, 0) is 39.7 Å². The van der Waals surface area contributed by atoms with E-state index in [4.69, 9.17) is 9.26 Å². The molecule has 1 aliphatic carbocycles. The van der Waals surface area contributed by atoms with Gasteiger partial charge >= 0.3 is 0 Å². The molecule has 4 heteroatoms. The van der Waals surface area contributed by atoms with Crippen LogP contribution in [-0.4, -0.2) is 24.4 Å². The second-order valence-corrected chi connectivity index (χ2v) is 4.51. The van der Waals surface area contributed by atoms with Gasteiger partial charge in [-0.15, -0.1) is 0 Å². The monoisotopic (exact) mass is 224 g/mol. The molecule has 0 saturated heterocycles. The lowest BCUT2D eigenvalue weighted by Crippen LogP contribution is -2.32. The molecular formula is C12H20N2O2. The molecule has 1 aromatic rings. The summed E-state index contributed by atoms with van der Waals surface area (Å²) in [4.78, 5) is 0. The summed E-state index contributed by atoms with van der Waals surface area (Å²) in [5.74, 6) is 0.827. The van der Waals surface area contributed by atoms with E-state index in [0.29, 0.717) is 18.8 Å². The number of nitrogens with one attached hydrogen (secondary N) is 1. The highest BCUT2D eigenvalue weighted by atomic mass is 16.5. The Labute approximate surface area is 96.3 Å². The first-order chi connectivity index (χ1) is 7.78. The zero-order chi connectivity index (χ0) is 11.4. The Hall–Kier alpha value is -0.870. The van der Waals surface area contributed by atoms with Crippen LogP contribution in [0.15, 0.2) is 10.6 Å². The van der Waals surface area contributed by atoms with Crippen molar-refractivity contribution in [2.75, 3.05) is 7.05 Å². The van der Waals surface area contributed by atoms with Crippen LogP contribution in [0.1, 0.15) is 37.1 Å². The lowest BCUT2D eigenvalue weighted by atomic mass is 9.93. The fourth-order valence-electron chi connectivity index (χ4n) is 2.20. The highest BCUT2D eigenvalue weighted by Gasteiger charge is 2.20. The van der Waals surface area contributed by atoms with E-state index >= 15 is 0 Å². The minimum atomic E-state index is 0.384. The third kappa shape index (κ3) is 3.06. The molecule has 1 saturated carbocycles. The van der Waals surface area contributed by atoms with Gasteiger partial charge in [0.15, 0.2) is 5.76 Å². The molecule has 0 radical (unpaired) electrons. The topological polar surface area (TPSA) is 47.3 Å². The van der Waals surface area contributed by atoms with Crippen LogP contribution in [0.4, 0.5) is 0 Å². The molecule has 0 atom stereocenters. The van der Waals surface area contributed by atoms with Crippen molar-refractivity contribution in [3.63, 3.8) is 0 Å². The van der Waals surface area contributed by atoms with Gasteiger partial charge in [-0.25, -0.2) is 0 Å². The van der Waals surface area contributed by atoms with Gasteiger partial charge in [-0.1, -0.05) is 5.16 Å². The first-order valence-electron chi connectivity index (χ1n) is 5.99. The number of hydrogen-bond donors (Lipinski definition) is 1. The van der Waals surface area contributed by atoms with Gasteiger partial charge in [-0.2, -0.15) is 0 Å². The molecule has 1 fully saturated rings. The molecule has 1 aromatic heterocycles. The minimum Gasteiger partial charge on any atom is -0.370 e. The molecule has 0 spiro atoms. The number of rotatable bonds is 4. The molecule has 4 nitrogen and oxygen atoms in total. The summed E-state index contributed by atoms with van der Waals surface area (Å²) in [6.45, 7) is 2.47. The van der Waals surface area contributed by atoms with Crippen molar-refractivity contribution in [3.8, 4) is 0 Å². The summed E-state index contributed by atoms with van der Waals surface area (Å²) in [5.41, 5.74) is 0.914. The molecule has 90 valence electrons. The standard InChI is InChI=1S/C12H20N2O2/c1-9-7-12(16-14-9)8-15-11-5-3-10(13-2)4-6-11/h7,10-11,13H,3-6,8H2,1-2H3. The fourth-order valence-corrected chi connectivity index (χ4v) is 2.20. The van der Waals surface area contributed by atoms with E-state index in [9.17, 15) is 0 Å². The average molecular weight is 224 g/mol. The third-order valence-corrected chi connectivity index (χ3v) is 3.22. The van der Waals surface area contributed by atoms with Crippen molar-refractivity contribution in [3.05, 3.63) is 17.5 Å². The van der Waals surface area contributed by atoms with E-state index in [1.807, 2.05) is 20.0 Å². The number of ether oxygens (including phenoxy) is 1. The maximum absolute atomic E-state index is 5.81. The zero-order valence-corrected chi connectivity index (χ0v) is 10.0. The summed E-state index contributed by atoms with van der Waals surface area (Å²) >= 11 is 0. The zero-order valence-electron chi connectivity index (χ0n) is 10.0. The molecule has 0 bridgehead atoms. The van der Waals surface area contributed by atoms with E-state index in [0.717, 1.165) is 24.3 Å². The van der Waals surface area contributed by atoms with Gasteiger partial charge in [0.2, 0.25) is 0 Å². The first kappa shape index (κ1) is 11.6. The Morgan fingerprint density at radius 3 is 2.75 bits per heavy atom. The largest absolute Gasteiger partial charge is 0.370 e. The van der Waals surface area contributed by atoms with Crippen LogP contribution in [0.25, 0.3) is 0 Å². The van der Waals surface area contributed by atoms with Crippen LogP contribution in [0.5, 0.6) is 0 Å². The maximum Gasteiger partial charge on any atom is 0.162 e. The predicted molar refractivity (Wildman–Crippen MR) is 61.1 cm³/mol. The fraction of sp³-hybridized carbons (Fsp3) is 0.750. The molecule has 2 rings (SSSR count). The first-order valence-corrected chi connectivity index (χ1v) is 5.99. The van der Waals surface area contributed by atoms with Crippen LogP contribution >= 0.6 is 0 Å². The Kier molecular flexibility index (Phi) is 3.96. The Morgan fingerprint density at radius 2 is 2.19 bits per heavy atom. The van der Waals surface area contributed by atoms with Gasteiger partial charge in [-0.3, -0.25) is 0 Å². The van der Waals surface area contributed by atoms with Gasteiger partial charge in [0.1, 0.15) is 6.61 Å². The minimum absolute atomic E-state index is 0.384. The van der Waals surface area contributed by atoms with Crippen LogP contribution < -0.4 is 5.32 Å². The summed E-state index contributed by atoms with van der Waals surface area (Å²) in [7, 11) is 2.03. The number of aryl methyl sites for hydroxylation is 1. The average Bonchev–Trinajstić information content (AvgIpc) is 2.73. The highest BCUT2D eigenvalue weighted by Crippen LogP contribution is 2.22. The maximum atomic E-state index is 5.81. The van der Waals surface area contributed by atoms with Crippen LogP contribution in [0, 0.1) is 6.92 Å². The number of hydrogen-bond acceptors (Lipinski definition) is 4. The van der Waals surface area contributed by atoms with Gasteiger partial charge < -0.3 is 14.6 Å². The molecule has 0 aromatic carbocycles. The quantitative estimate of drug-likeness (QED) is 0.850. The van der Waals surface area contributed by atoms with Crippen molar-refractivity contribution in [2.24, 2.45) is 0 Å². The Bertz CT molecular complexity index is 317. The van der Waals surface area contributed by atoms with Crippen molar-refractivity contribution >= 4 is 0 Å². The molecule has 1 heterocycles. The molecule has 1 N–H and O–H groups in total. The van der Waals surface area contributed by atoms with Crippen LogP contribution in [0.3, 0.4) is 0 Å². The third-order valence-electron chi connectivity index (χ3n) is 3.22. The summed E-state index contributed by atoms with van der Waals surface area (Å²) in [6, 6.07) is 2.60. The van der Waals surface area contributed by atoms with Crippen molar-refractivity contribution in [1.29, 1.82) is 0 Å². The molecule has 0 aliphatic heterocycles. The van der Waals surface area contributed by atoms with Crippen molar-refractivity contribution in [2.45, 2.75) is 51.4 Å². The van der Waals surface area contributed by atoms with E-state index in [1.54, 1.807) is 0 Å². The van der Waals surface area contributed by atoms with Crippen LogP contribution in [0.2, 0.25) is 0 Å². The van der Waals surface area contributed by atoms with E-state index < -0.39 is 0 Å². The smallest absolute Gasteiger partial charge is 0.162 e. The summed E-state index contributed by atoms with van der Waals surface area (Å²) in [6.07, 6.45) is 5.07. The van der Waals surface area contributed by atoms with E-state index in [-0.39, 0.29) is 0 Å². The van der Waals surface area contributed by atoms with Crippen molar-refractivity contribution in [1.82, 2.24) is 10.5 Å². The van der Waals surface area contributed by atoms with Gasteiger partial charge in [0, 0.05) is 12.1 Å². The second-order valence-electron chi connectivity index (χ2n) is 4.51. The molecule has 16 heavy (non-hydrogen) atoms. The lowest BCUT2D eigenvalue weighted by Gasteiger charge is -2.27. The highest BCUT2D eigenvalue weighted by molar-refractivity contribution is 5.01. The molecular weight excluding hydrogens is 204 g/mol. The number of nitrogens with zero attached hydrogens (tertiary/aromatic N) is 1. The molecule has 0 unspecified atom stereocenters. The SMILES string of the molecule is CNC1CCC(OCc2cc(C)no2)CC1. The lowest BCUT2D eigenvalue weighted by molar-refractivity contribution is 0.00218. The normalized spacial score (nSPS) is 25.9. The van der Waals surface area contributed by atoms with E-state index in [2.05, 4.69) is 10.5 Å². The van der Waals surface area contributed by atoms with Crippen molar-refractivity contribution < 1.29 is 9.26 Å². The number of aromatic nitrogens is 1. The molecule has 0 amide bonds. The second kappa shape index (κ2) is 5.46. The van der Waals surface area contributed by atoms with Gasteiger partial charge in [0.25, 0.3) is 0 Å². The van der Waals surface area contributed by atoms with Gasteiger partial charge in [0.05, 0.1) is 11.8 Å². The summed E-state index contributed by atoms with van der Waals surface area (Å²) < 4.78 is 10.9. The summed E-state index contributed by atoms with van der Waals surface area (Å²) in [5, 5.41) is 7.16. The Balaban J connectivity index is 1.71. The predicted octanol–water partition coefficient (Wildman–Crippen LogP) is 2.03. The Morgan fingerprint density at radius 1 is 1.44 bits per heavy atom. The van der Waals surface area contributed by atoms with E-state index in [1.165, 1.54) is 12.8 Å². The molecule has 1 aliphatic rings.